The molecule has 10 N–H and O–H groups in total. The molecule has 0 saturated carbocycles. The van der Waals surface area contributed by atoms with Gasteiger partial charge in [-0.05, 0) is 43.4 Å². The molecule has 2 rings (SSSR count). The van der Waals surface area contributed by atoms with Gasteiger partial charge in [-0.2, -0.15) is 0 Å². The van der Waals surface area contributed by atoms with E-state index in [1.165, 1.54) is 17.0 Å². The van der Waals surface area contributed by atoms with Gasteiger partial charge >= 0.3 is 5.97 Å². The molecule has 1 aliphatic rings. The number of hydrogen-bond acceptors (Lipinski definition) is 7. The van der Waals surface area contributed by atoms with E-state index < -0.39 is 42.5 Å². The van der Waals surface area contributed by atoms with Crippen LogP contribution in [0.5, 0.6) is 5.75 Å². The molecular weight excluding hydrogens is 458 g/mol. The Hall–Kier alpha value is -3.87. The maximum absolute atomic E-state index is 13.1. The van der Waals surface area contributed by atoms with Crippen LogP contribution in [0, 0.1) is 0 Å². The number of nitrogens with one attached hydrogen (secondary N) is 2. The largest absolute Gasteiger partial charge is 0.508 e. The molecule has 1 aliphatic heterocycles. The summed E-state index contributed by atoms with van der Waals surface area (Å²) in [7, 11) is 0. The van der Waals surface area contributed by atoms with Gasteiger partial charge in [0, 0.05) is 19.5 Å². The lowest BCUT2D eigenvalue weighted by Crippen LogP contribution is -2.56. The van der Waals surface area contributed by atoms with Crippen molar-refractivity contribution < 1.29 is 29.4 Å². The fourth-order valence-corrected chi connectivity index (χ4v) is 3.79. The smallest absolute Gasteiger partial charge is 0.322 e. The summed E-state index contributed by atoms with van der Waals surface area (Å²) < 4.78 is 0. The van der Waals surface area contributed by atoms with Crippen LogP contribution in [0.15, 0.2) is 29.3 Å². The van der Waals surface area contributed by atoms with Gasteiger partial charge in [0.05, 0.1) is 6.04 Å². The summed E-state index contributed by atoms with van der Waals surface area (Å²) in [6, 6.07) is 3.34. The highest BCUT2D eigenvalue weighted by atomic mass is 16.4. The summed E-state index contributed by atoms with van der Waals surface area (Å²) >= 11 is 0. The molecule has 1 heterocycles. The van der Waals surface area contributed by atoms with Gasteiger partial charge in [0.15, 0.2) is 5.96 Å². The summed E-state index contributed by atoms with van der Waals surface area (Å²) in [5.74, 6) is -2.82. The van der Waals surface area contributed by atoms with Crippen molar-refractivity contribution in [1.29, 1.82) is 0 Å². The minimum Gasteiger partial charge on any atom is -0.508 e. The molecule has 0 radical (unpaired) electrons. The van der Waals surface area contributed by atoms with E-state index in [0.717, 1.165) is 0 Å². The lowest BCUT2D eigenvalue weighted by atomic mass is 10.0. The van der Waals surface area contributed by atoms with Crippen molar-refractivity contribution in [3.05, 3.63) is 29.8 Å². The summed E-state index contributed by atoms with van der Waals surface area (Å²) in [4.78, 5) is 54.7. The molecule has 0 aromatic heterocycles. The van der Waals surface area contributed by atoms with Crippen LogP contribution in [0.4, 0.5) is 0 Å². The predicted octanol–water partition coefficient (Wildman–Crippen LogP) is -2.01. The minimum atomic E-state index is -1.23. The summed E-state index contributed by atoms with van der Waals surface area (Å²) in [5, 5.41) is 23.3. The van der Waals surface area contributed by atoms with Crippen LogP contribution in [-0.4, -0.2) is 82.5 Å². The summed E-state index contributed by atoms with van der Waals surface area (Å²) in [6.45, 7) is 0.0769. The average Bonchev–Trinajstić information content (AvgIpc) is 3.30. The highest BCUT2D eigenvalue weighted by molar-refractivity contribution is 5.94. The maximum Gasteiger partial charge on any atom is 0.322 e. The number of rotatable bonds is 12. The predicted molar refractivity (Wildman–Crippen MR) is 127 cm³/mol. The maximum atomic E-state index is 13.1. The van der Waals surface area contributed by atoms with Crippen molar-refractivity contribution >= 4 is 29.7 Å². The van der Waals surface area contributed by atoms with Crippen LogP contribution in [0.3, 0.4) is 0 Å². The fourth-order valence-electron chi connectivity index (χ4n) is 3.79. The molecule has 3 unspecified atom stereocenters. The van der Waals surface area contributed by atoms with E-state index in [4.69, 9.17) is 22.3 Å². The number of nitrogens with zero attached hydrogens (tertiary/aromatic N) is 2. The molecule has 0 bridgehead atoms. The number of phenols is 1. The Balaban J connectivity index is 2.06. The molecule has 35 heavy (non-hydrogen) atoms. The molecule has 13 nitrogen and oxygen atoms in total. The van der Waals surface area contributed by atoms with Gasteiger partial charge in [-0.15, -0.1) is 0 Å². The Morgan fingerprint density at radius 3 is 2.49 bits per heavy atom. The number of aromatic hydroxyl groups is 1. The van der Waals surface area contributed by atoms with Gasteiger partial charge in [0.2, 0.25) is 17.7 Å². The van der Waals surface area contributed by atoms with Crippen molar-refractivity contribution in [2.75, 3.05) is 19.6 Å². The van der Waals surface area contributed by atoms with E-state index in [2.05, 4.69) is 15.6 Å². The summed E-state index contributed by atoms with van der Waals surface area (Å²) in [6.07, 6.45) is 1.89. The second kappa shape index (κ2) is 13.1. The number of hydrogen-bond donors (Lipinski definition) is 7. The van der Waals surface area contributed by atoms with E-state index in [1.54, 1.807) is 12.1 Å². The molecule has 13 heteroatoms. The minimum absolute atomic E-state index is 0.0411. The van der Waals surface area contributed by atoms with Gasteiger partial charge in [0.1, 0.15) is 24.4 Å². The van der Waals surface area contributed by atoms with Crippen LogP contribution in [0.25, 0.3) is 0 Å². The van der Waals surface area contributed by atoms with E-state index in [1.807, 2.05) is 0 Å². The van der Waals surface area contributed by atoms with Gasteiger partial charge in [0.25, 0.3) is 0 Å². The van der Waals surface area contributed by atoms with E-state index in [9.17, 15) is 24.3 Å². The third kappa shape index (κ3) is 8.77. The highest BCUT2D eigenvalue weighted by Crippen LogP contribution is 2.20. The molecule has 192 valence electrons. The van der Waals surface area contributed by atoms with Crippen LogP contribution in [-0.2, 0) is 25.6 Å². The first kappa shape index (κ1) is 27.4. The number of nitrogens with two attached hydrogens (primary N) is 3. The Morgan fingerprint density at radius 1 is 1.17 bits per heavy atom. The standard InChI is InChI=1S/C22H33N7O6/c23-15(3-1-9-26-22(24)25)21(35)29-10-2-4-17(29)20(34)28-16(19(33)27-12-18(31)32)11-13-5-7-14(30)8-6-13/h5-8,15-17,30H,1-4,9-12,23H2,(H,27,33)(H,28,34)(H,31,32)(H4,24,25,26). The zero-order chi connectivity index (χ0) is 26.0. The molecule has 1 aromatic carbocycles. The molecule has 1 aromatic rings. The van der Waals surface area contributed by atoms with E-state index >= 15 is 0 Å². The topological polar surface area (TPSA) is 226 Å². The van der Waals surface area contributed by atoms with Crippen LogP contribution >= 0.6 is 0 Å². The number of carboxylic acid groups (broad SMARTS) is 1. The first-order valence-electron chi connectivity index (χ1n) is 11.3. The quantitative estimate of drug-likeness (QED) is 0.0972. The highest BCUT2D eigenvalue weighted by Gasteiger charge is 2.37. The molecule has 0 spiro atoms. The second-order valence-electron chi connectivity index (χ2n) is 8.29. The number of likely N-dealkylation sites (tertiary alicyclic amines) is 1. The molecule has 0 aliphatic carbocycles. The van der Waals surface area contributed by atoms with E-state index in [-0.39, 0.29) is 24.0 Å². The Kier molecular flexibility index (Phi) is 10.3. The number of amides is 3. The van der Waals surface area contributed by atoms with Crippen molar-refractivity contribution in [3.63, 3.8) is 0 Å². The van der Waals surface area contributed by atoms with Gasteiger partial charge in [-0.1, -0.05) is 12.1 Å². The fraction of sp³-hybridized carbons (Fsp3) is 0.500. The average molecular weight is 492 g/mol. The monoisotopic (exact) mass is 491 g/mol. The summed E-state index contributed by atoms with van der Waals surface area (Å²) in [5.41, 5.74) is 17.2. The zero-order valence-electron chi connectivity index (χ0n) is 19.4. The normalized spacial score (nSPS) is 16.7. The number of carbonyl (C=O) groups excluding carboxylic acids is 3. The number of guanidine groups is 1. The van der Waals surface area contributed by atoms with Gasteiger partial charge in [-0.25, -0.2) is 0 Å². The van der Waals surface area contributed by atoms with Gasteiger partial charge < -0.3 is 42.9 Å². The number of benzene rings is 1. The Bertz CT molecular complexity index is 933. The number of aliphatic imine (C=N–C) groups is 1. The number of carboxylic acids is 1. The van der Waals surface area contributed by atoms with Crippen molar-refractivity contribution in [1.82, 2.24) is 15.5 Å². The Labute approximate surface area is 202 Å². The van der Waals surface area contributed by atoms with Crippen LogP contribution < -0.4 is 27.8 Å². The van der Waals surface area contributed by atoms with E-state index in [0.29, 0.717) is 44.3 Å². The molecular formula is C22H33N7O6. The third-order valence-electron chi connectivity index (χ3n) is 5.55. The van der Waals surface area contributed by atoms with Crippen LogP contribution in [0.2, 0.25) is 0 Å². The number of carbonyl (C=O) groups is 4. The number of phenolic OH excluding ortho intramolecular Hbond substituents is 1. The second-order valence-corrected chi connectivity index (χ2v) is 8.29. The lowest BCUT2D eigenvalue weighted by Gasteiger charge is -2.28. The van der Waals surface area contributed by atoms with Crippen LogP contribution in [0.1, 0.15) is 31.2 Å². The SMILES string of the molecule is NC(N)=NCCCC(N)C(=O)N1CCCC1C(=O)NC(Cc1ccc(O)cc1)C(=O)NCC(=O)O. The third-order valence-corrected chi connectivity index (χ3v) is 5.55. The van der Waals surface area contributed by atoms with Crippen molar-refractivity contribution in [2.24, 2.45) is 22.2 Å². The number of aliphatic carboxylic acids is 1. The molecule has 3 amide bonds. The van der Waals surface area contributed by atoms with Gasteiger partial charge in [-0.3, -0.25) is 24.2 Å². The lowest BCUT2D eigenvalue weighted by molar-refractivity contribution is -0.141. The molecule has 3 atom stereocenters. The van der Waals surface area contributed by atoms with Crippen molar-refractivity contribution in [3.8, 4) is 5.75 Å². The van der Waals surface area contributed by atoms with Crippen molar-refractivity contribution in [2.45, 2.75) is 50.2 Å². The zero-order valence-corrected chi connectivity index (χ0v) is 19.4. The molecule has 1 saturated heterocycles. The molecule has 1 fully saturated rings. The first-order valence-corrected chi connectivity index (χ1v) is 11.3. The first-order chi connectivity index (χ1) is 16.6. The Morgan fingerprint density at radius 2 is 1.86 bits per heavy atom.